The zero-order valence-electron chi connectivity index (χ0n) is 41.6. The van der Waals surface area contributed by atoms with Crippen molar-refractivity contribution in [2.24, 2.45) is 10.2 Å². The number of para-hydroxylation sites is 1. The SMILES string of the molecule is N=C1C(N(c2ccc(N/C=C(\NN)c3ccccc3)cc2)c2ccc(N3C=C(c4ccccc4)NN3)cc2)=CC=C(c2ccc3c(c2)c2ccccc2n3-c2ccc(-c3cccc4ccccc34)c3ccccc23)C1=NS. The highest BCUT2D eigenvalue weighted by molar-refractivity contribution is 7.79. The first kappa shape index (κ1) is 46.8. The Bertz CT molecular complexity index is 4250. The first-order valence-electron chi connectivity index (χ1n) is 25.4. The fraction of sp³-hybridized carbons (Fsp3) is 0. The molecule has 0 radical (unpaired) electrons. The summed E-state index contributed by atoms with van der Waals surface area (Å²) in [5.74, 6) is 5.94. The van der Waals surface area contributed by atoms with Crippen LogP contribution in [0.4, 0.5) is 22.7 Å². The number of anilines is 4. The van der Waals surface area contributed by atoms with Crippen LogP contribution in [0, 0.1) is 5.41 Å². The number of allylic oxidation sites excluding steroid dienone is 4. The van der Waals surface area contributed by atoms with E-state index in [1.807, 2.05) is 96.3 Å². The van der Waals surface area contributed by atoms with Crippen LogP contribution >= 0.6 is 12.8 Å². The zero-order chi connectivity index (χ0) is 51.8. The third-order valence-corrected chi connectivity index (χ3v) is 14.7. The van der Waals surface area contributed by atoms with Crippen LogP contribution in [0.5, 0.6) is 0 Å². The highest BCUT2D eigenvalue weighted by atomic mass is 32.1. The van der Waals surface area contributed by atoms with E-state index >= 15 is 0 Å². The minimum absolute atomic E-state index is 0.231. The van der Waals surface area contributed by atoms with E-state index in [9.17, 15) is 5.41 Å². The maximum absolute atomic E-state index is 9.96. The van der Waals surface area contributed by atoms with E-state index in [1.165, 1.54) is 27.3 Å². The molecule has 11 aromatic rings. The molecule has 0 amide bonds. The van der Waals surface area contributed by atoms with Crippen LogP contribution in [-0.2, 0) is 0 Å². The molecule has 0 bridgehead atoms. The van der Waals surface area contributed by atoms with Gasteiger partial charge in [-0.05, 0) is 131 Å². The van der Waals surface area contributed by atoms with Gasteiger partial charge in [-0.3, -0.25) is 16.3 Å². The van der Waals surface area contributed by atoms with Gasteiger partial charge in [0.2, 0.25) is 0 Å². The van der Waals surface area contributed by atoms with Crippen molar-refractivity contribution in [2.45, 2.75) is 0 Å². The van der Waals surface area contributed by atoms with E-state index in [4.69, 9.17) is 5.84 Å². The normalized spacial score (nSPS) is 14.2. The largest absolute Gasteiger partial charge is 0.360 e. The Hall–Kier alpha value is -9.91. The Morgan fingerprint density at radius 2 is 1.23 bits per heavy atom. The zero-order valence-corrected chi connectivity index (χ0v) is 42.5. The monoisotopic (exact) mass is 1010 g/mol. The molecule has 0 unspecified atom stereocenters. The van der Waals surface area contributed by atoms with Crippen LogP contribution < -0.4 is 37.5 Å². The van der Waals surface area contributed by atoms with Gasteiger partial charge in [0.15, 0.2) is 0 Å². The molecule has 1 aliphatic carbocycles. The predicted octanol–water partition coefficient (Wildman–Crippen LogP) is 14.9. The standard InChI is InChI=1S/C66H50N10S/c67-65-64(75(49-29-27-47(28-30-49)69-41-59(70-68)44-15-3-1-4-16-44)50-33-31-48(32-34-50)74-42-60(71-73-74)45-17-5-2-6-18-45)39-35-52(66(65)72-77)46-26-37-63-58(40-46)57-23-11-12-25-61(57)76(63)62-38-36-55(54-21-9-10-22-56(54)62)53-24-13-19-43-14-7-8-20-51(43)53/h1-42,67,69-71,73,77H,68H2/b59-41-,67-65?,72-66?. The third kappa shape index (κ3) is 8.56. The average Bonchev–Trinajstić information content (AvgIpc) is 4.22. The van der Waals surface area contributed by atoms with Crippen molar-refractivity contribution < 1.29 is 0 Å². The van der Waals surface area contributed by atoms with Crippen molar-refractivity contribution in [1.82, 2.24) is 21.0 Å². The fourth-order valence-corrected chi connectivity index (χ4v) is 11.0. The maximum atomic E-state index is 9.96. The summed E-state index contributed by atoms with van der Waals surface area (Å²) in [5, 5.41) is 22.3. The summed E-state index contributed by atoms with van der Waals surface area (Å²) >= 11 is 4.58. The molecule has 0 atom stereocenters. The molecule has 7 N–H and O–H groups in total. The first-order valence-corrected chi connectivity index (χ1v) is 25.8. The van der Waals surface area contributed by atoms with Crippen molar-refractivity contribution in [3.63, 3.8) is 0 Å². The summed E-state index contributed by atoms with van der Waals surface area (Å²) in [4.78, 5) is 2.09. The smallest absolute Gasteiger partial charge is 0.106 e. The summed E-state index contributed by atoms with van der Waals surface area (Å²) in [7, 11) is 0. The second kappa shape index (κ2) is 20.1. The number of aromatic nitrogens is 1. The molecule has 13 rings (SSSR count). The van der Waals surface area contributed by atoms with E-state index in [-0.39, 0.29) is 5.71 Å². The van der Waals surface area contributed by atoms with Gasteiger partial charge in [0, 0.05) is 62.3 Å². The number of rotatable bonds is 12. The van der Waals surface area contributed by atoms with Gasteiger partial charge < -0.3 is 25.6 Å². The second-order valence-electron chi connectivity index (χ2n) is 18.9. The summed E-state index contributed by atoms with van der Waals surface area (Å²) < 4.78 is 6.95. The topological polar surface area (TPSA) is 122 Å². The lowest BCUT2D eigenvalue weighted by Gasteiger charge is -2.31. The Morgan fingerprint density at radius 3 is 2.00 bits per heavy atom. The summed E-state index contributed by atoms with van der Waals surface area (Å²) in [5.41, 5.74) is 25.3. The molecule has 10 nitrogen and oxygen atoms in total. The molecule has 0 fully saturated rings. The van der Waals surface area contributed by atoms with Crippen LogP contribution in [0.1, 0.15) is 16.7 Å². The van der Waals surface area contributed by atoms with E-state index < -0.39 is 0 Å². The number of thiol groups is 1. The molecule has 1 aliphatic heterocycles. The molecular formula is C66H50N10S. The number of nitrogens with zero attached hydrogens (tertiary/aromatic N) is 4. The summed E-state index contributed by atoms with van der Waals surface area (Å²) in [6.07, 6.45) is 7.96. The molecule has 2 aliphatic rings. The van der Waals surface area contributed by atoms with Crippen LogP contribution in [0.3, 0.4) is 0 Å². The lowest BCUT2D eigenvalue weighted by atomic mass is 9.90. The van der Waals surface area contributed by atoms with Gasteiger partial charge in [0.25, 0.3) is 0 Å². The van der Waals surface area contributed by atoms with Gasteiger partial charge in [0.1, 0.15) is 11.4 Å². The summed E-state index contributed by atoms with van der Waals surface area (Å²) in [6, 6.07) is 80.0. The predicted molar refractivity (Wildman–Crippen MR) is 325 cm³/mol. The van der Waals surface area contributed by atoms with Crippen molar-refractivity contribution >= 4 is 107 Å². The molecule has 370 valence electrons. The van der Waals surface area contributed by atoms with E-state index in [0.717, 1.165) is 89.3 Å². The number of nitrogens with one attached hydrogen (secondary N) is 5. The molecule has 10 aromatic carbocycles. The molecule has 77 heavy (non-hydrogen) atoms. The van der Waals surface area contributed by atoms with Crippen molar-refractivity contribution in [2.75, 3.05) is 15.2 Å². The Morgan fingerprint density at radius 1 is 0.584 bits per heavy atom. The number of fused-ring (bicyclic) bond motifs is 5. The van der Waals surface area contributed by atoms with Crippen LogP contribution in [0.15, 0.2) is 265 Å². The van der Waals surface area contributed by atoms with Crippen LogP contribution in [0.2, 0.25) is 0 Å². The Labute approximate surface area is 451 Å². The van der Waals surface area contributed by atoms with Crippen molar-refractivity contribution in [1.29, 1.82) is 5.41 Å². The Balaban J connectivity index is 0.882. The third-order valence-electron chi connectivity index (χ3n) is 14.5. The van der Waals surface area contributed by atoms with E-state index in [2.05, 4.69) is 212 Å². The van der Waals surface area contributed by atoms with Gasteiger partial charge in [-0.25, -0.2) is 4.40 Å². The van der Waals surface area contributed by atoms with Crippen LogP contribution in [-0.4, -0.2) is 16.0 Å². The molecule has 0 saturated carbocycles. The lowest BCUT2D eigenvalue weighted by Crippen LogP contribution is -2.36. The lowest BCUT2D eigenvalue weighted by molar-refractivity contribution is 0.689. The van der Waals surface area contributed by atoms with Gasteiger partial charge in [-0.2, -0.15) is 0 Å². The highest BCUT2D eigenvalue weighted by Crippen LogP contribution is 2.42. The summed E-state index contributed by atoms with van der Waals surface area (Å²) in [6.45, 7) is 0. The quantitative estimate of drug-likeness (QED) is 0.0282. The first-order chi connectivity index (χ1) is 38.0. The molecule has 0 spiro atoms. The maximum Gasteiger partial charge on any atom is 0.106 e. The van der Waals surface area contributed by atoms with Crippen LogP contribution in [0.25, 0.3) is 77.1 Å². The number of nitrogens with two attached hydrogens (primary N) is 1. The molecular weight excluding hydrogens is 965 g/mol. The average molecular weight is 1020 g/mol. The van der Waals surface area contributed by atoms with Crippen molar-refractivity contribution in [3.05, 3.63) is 277 Å². The minimum Gasteiger partial charge on any atom is -0.360 e. The Kier molecular flexibility index (Phi) is 12.2. The van der Waals surface area contributed by atoms with Gasteiger partial charge in [-0.1, -0.05) is 158 Å². The van der Waals surface area contributed by atoms with Gasteiger partial charge in [-0.15, -0.1) is 5.53 Å². The number of hydrogen-bond acceptors (Lipinski definition) is 10. The van der Waals surface area contributed by atoms with E-state index in [1.54, 1.807) is 0 Å². The van der Waals surface area contributed by atoms with Gasteiger partial charge >= 0.3 is 0 Å². The van der Waals surface area contributed by atoms with Gasteiger partial charge in [0.05, 0.1) is 39.5 Å². The fourth-order valence-electron chi connectivity index (χ4n) is 10.8. The molecule has 1 aromatic heterocycles. The second-order valence-corrected chi connectivity index (χ2v) is 19.1. The number of hydrogen-bond donors (Lipinski definition) is 7. The minimum atomic E-state index is 0.231. The molecule has 2 heterocycles. The highest BCUT2D eigenvalue weighted by Gasteiger charge is 2.29. The molecule has 11 heteroatoms. The number of benzene rings is 10. The molecule has 0 saturated heterocycles. The van der Waals surface area contributed by atoms with Crippen molar-refractivity contribution in [3.8, 4) is 16.8 Å². The van der Waals surface area contributed by atoms with E-state index in [0.29, 0.717) is 11.4 Å². The number of hydrazine groups is 3.